The molecular formula is C23H24N2O5S. The highest BCUT2D eigenvalue weighted by molar-refractivity contribution is 7.13. The Morgan fingerprint density at radius 1 is 1.26 bits per heavy atom. The number of fused-ring (bicyclic) bond motifs is 1. The fourth-order valence-corrected chi connectivity index (χ4v) is 4.38. The van der Waals surface area contributed by atoms with Crippen molar-refractivity contribution in [2.45, 2.75) is 26.4 Å². The zero-order valence-corrected chi connectivity index (χ0v) is 18.7. The van der Waals surface area contributed by atoms with Crippen LogP contribution in [0.3, 0.4) is 0 Å². The second kappa shape index (κ2) is 8.85. The number of rotatable bonds is 7. The zero-order valence-electron chi connectivity index (χ0n) is 17.9. The van der Waals surface area contributed by atoms with Crippen LogP contribution in [0.25, 0.3) is 10.6 Å². The molecule has 0 bridgehead atoms. The number of methoxy groups -OCH3 is 2. The Kier molecular flexibility index (Phi) is 5.99. The molecule has 0 saturated carbocycles. The van der Waals surface area contributed by atoms with Gasteiger partial charge in [-0.1, -0.05) is 6.07 Å². The fourth-order valence-electron chi connectivity index (χ4n) is 3.56. The highest BCUT2D eigenvalue weighted by Gasteiger charge is 2.24. The van der Waals surface area contributed by atoms with Crippen LogP contribution in [0.2, 0.25) is 0 Å². The van der Waals surface area contributed by atoms with Crippen LogP contribution in [0.4, 0.5) is 5.69 Å². The third kappa shape index (κ3) is 4.16. The number of benzene rings is 2. The Morgan fingerprint density at radius 2 is 2.10 bits per heavy atom. The first-order valence-electron chi connectivity index (χ1n) is 9.98. The van der Waals surface area contributed by atoms with E-state index in [4.69, 9.17) is 18.9 Å². The normalized spacial score (nSPS) is 14.5. The first kappa shape index (κ1) is 21.0. The third-order valence-corrected chi connectivity index (χ3v) is 5.79. The number of nitrogens with zero attached hydrogens (tertiary/aromatic N) is 1. The summed E-state index contributed by atoms with van der Waals surface area (Å²) in [6.07, 6.45) is 0.927. The largest absolute Gasteiger partial charge is 0.493 e. The molecule has 1 aromatic heterocycles. The van der Waals surface area contributed by atoms with E-state index in [1.54, 1.807) is 19.6 Å². The smallest absolute Gasteiger partial charge is 0.275 e. The summed E-state index contributed by atoms with van der Waals surface area (Å²) in [6, 6.07) is 9.31. The predicted octanol–water partition coefficient (Wildman–Crippen LogP) is 4.80. The monoisotopic (exact) mass is 440 g/mol. The maximum atomic E-state index is 12.9. The van der Waals surface area contributed by atoms with E-state index >= 15 is 0 Å². The lowest BCUT2D eigenvalue weighted by molar-refractivity contribution is 0.102. The molecule has 1 atom stereocenters. The fraction of sp³-hybridized carbons (Fsp3) is 0.304. The van der Waals surface area contributed by atoms with Crippen molar-refractivity contribution in [1.29, 1.82) is 0 Å². The van der Waals surface area contributed by atoms with Crippen molar-refractivity contribution in [3.63, 3.8) is 0 Å². The van der Waals surface area contributed by atoms with Crippen LogP contribution in [0.15, 0.2) is 35.7 Å². The summed E-state index contributed by atoms with van der Waals surface area (Å²) in [6.45, 7) is 4.42. The van der Waals surface area contributed by atoms with E-state index in [0.717, 1.165) is 23.3 Å². The lowest BCUT2D eigenvalue weighted by Crippen LogP contribution is -2.13. The second-order valence-corrected chi connectivity index (χ2v) is 7.91. The molecule has 162 valence electrons. The van der Waals surface area contributed by atoms with Gasteiger partial charge >= 0.3 is 0 Å². The molecular weight excluding hydrogens is 416 g/mol. The highest BCUT2D eigenvalue weighted by atomic mass is 32.1. The van der Waals surface area contributed by atoms with Gasteiger partial charge in [-0.05, 0) is 32.0 Å². The average Bonchev–Trinajstić information content (AvgIpc) is 3.39. The maximum Gasteiger partial charge on any atom is 0.275 e. The van der Waals surface area contributed by atoms with Crippen molar-refractivity contribution in [2.24, 2.45) is 0 Å². The van der Waals surface area contributed by atoms with E-state index < -0.39 is 0 Å². The van der Waals surface area contributed by atoms with E-state index in [1.807, 2.05) is 44.2 Å². The number of para-hydroxylation sites is 1. The summed E-state index contributed by atoms with van der Waals surface area (Å²) < 4.78 is 22.4. The number of hydrogen-bond acceptors (Lipinski definition) is 7. The second-order valence-electron chi connectivity index (χ2n) is 7.05. The summed E-state index contributed by atoms with van der Waals surface area (Å²) in [5, 5.41) is 5.30. The molecule has 1 N–H and O–H groups in total. The molecule has 4 rings (SSSR count). The third-order valence-electron chi connectivity index (χ3n) is 4.92. The van der Waals surface area contributed by atoms with Gasteiger partial charge in [0.05, 0.1) is 32.1 Å². The summed E-state index contributed by atoms with van der Waals surface area (Å²) >= 11 is 1.36. The van der Waals surface area contributed by atoms with E-state index in [1.165, 1.54) is 11.3 Å². The number of anilines is 1. The van der Waals surface area contributed by atoms with Crippen molar-refractivity contribution in [3.05, 3.63) is 47.0 Å². The van der Waals surface area contributed by atoms with Crippen LogP contribution >= 0.6 is 11.3 Å². The number of hydrogen-bond donors (Lipinski definition) is 1. The van der Waals surface area contributed by atoms with Gasteiger partial charge in [0.25, 0.3) is 5.91 Å². The Labute approximate surface area is 184 Å². The summed E-state index contributed by atoms with van der Waals surface area (Å²) in [5.41, 5.74) is 2.71. The zero-order chi connectivity index (χ0) is 22.0. The summed E-state index contributed by atoms with van der Waals surface area (Å²) in [7, 11) is 3.16. The predicted molar refractivity (Wildman–Crippen MR) is 120 cm³/mol. The number of amides is 1. The number of carbonyl (C=O) groups is 1. The lowest BCUT2D eigenvalue weighted by Gasteiger charge is -2.13. The topological polar surface area (TPSA) is 78.9 Å². The maximum absolute atomic E-state index is 12.9. The molecule has 1 unspecified atom stereocenters. The Hall–Kier alpha value is -3.26. The van der Waals surface area contributed by atoms with Crippen molar-refractivity contribution >= 4 is 22.9 Å². The van der Waals surface area contributed by atoms with Crippen molar-refractivity contribution in [2.75, 3.05) is 26.1 Å². The first-order valence-corrected chi connectivity index (χ1v) is 10.9. The average molecular weight is 441 g/mol. The van der Waals surface area contributed by atoms with Gasteiger partial charge in [-0.25, -0.2) is 4.98 Å². The molecule has 0 saturated heterocycles. The lowest BCUT2D eigenvalue weighted by atomic mass is 10.1. The molecule has 7 nitrogen and oxygen atoms in total. The molecule has 1 amide bonds. The molecule has 0 fully saturated rings. The number of nitrogens with one attached hydrogen (secondary N) is 1. The first-order chi connectivity index (χ1) is 15.0. The number of ether oxygens (including phenoxy) is 4. The molecule has 2 heterocycles. The van der Waals surface area contributed by atoms with Crippen LogP contribution in [0, 0.1) is 0 Å². The SMILES string of the molecule is CCOc1cc2c(cc1NC(=O)c1csc(-c3cccc(OC)c3OC)n1)OC(C)C2. The van der Waals surface area contributed by atoms with E-state index in [2.05, 4.69) is 10.3 Å². The van der Waals surface area contributed by atoms with Crippen LogP contribution in [0.1, 0.15) is 29.9 Å². The van der Waals surface area contributed by atoms with Crippen LogP contribution in [-0.4, -0.2) is 37.8 Å². The van der Waals surface area contributed by atoms with Gasteiger partial charge in [-0.3, -0.25) is 4.79 Å². The molecule has 2 aromatic carbocycles. The minimum atomic E-state index is -0.323. The minimum Gasteiger partial charge on any atom is -0.493 e. The number of carbonyl (C=O) groups excluding carboxylic acids is 1. The van der Waals surface area contributed by atoms with Gasteiger partial charge in [-0.2, -0.15) is 0 Å². The molecule has 1 aliphatic heterocycles. The molecule has 8 heteroatoms. The van der Waals surface area contributed by atoms with Crippen LogP contribution in [0.5, 0.6) is 23.0 Å². The molecule has 1 aliphatic rings. The van der Waals surface area contributed by atoms with Gasteiger partial charge in [0.15, 0.2) is 11.5 Å². The highest BCUT2D eigenvalue weighted by Crippen LogP contribution is 2.40. The van der Waals surface area contributed by atoms with Crippen LogP contribution in [-0.2, 0) is 6.42 Å². The Bertz CT molecular complexity index is 1110. The summed E-state index contributed by atoms with van der Waals surface area (Å²) in [5.74, 6) is 2.25. The van der Waals surface area contributed by atoms with E-state index in [0.29, 0.717) is 40.2 Å². The summed E-state index contributed by atoms with van der Waals surface area (Å²) in [4.78, 5) is 17.5. The van der Waals surface area contributed by atoms with Gasteiger partial charge < -0.3 is 24.3 Å². The van der Waals surface area contributed by atoms with Crippen molar-refractivity contribution in [3.8, 4) is 33.6 Å². The Balaban J connectivity index is 1.60. The molecule has 0 spiro atoms. The molecule has 3 aromatic rings. The Morgan fingerprint density at radius 3 is 2.84 bits per heavy atom. The molecule has 0 aliphatic carbocycles. The van der Waals surface area contributed by atoms with Gasteiger partial charge in [-0.15, -0.1) is 11.3 Å². The van der Waals surface area contributed by atoms with Gasteiger partial charge in [0, 0.05) is 23.4 Å². The number of thiazole rings is 1. The van der Waals surface area contributed by atoms with E-state index in [-0.39, 0.29) is 12.0 Å². The molecule has 31 heavy (non-hydrogen) atoms. The standard InChI is InChI=1S/C23H24N2O5S/c1-5-29-20-10-14-9-13(2)30-19(14)11-16(20)24-22(26)17-12-31-23(25-17)15-7-6-8-18(27-3)21(15)28-4/h6-8,10-13H,5,9H2,1-4H3,(H,24,26). The minimum absolute atomic E-state index is 0.106. The number of aromatic nitrogens is 1. The van der Waals surface area contributed by atoms with Gasteiger partial charge in [0.2, 0.25) is 0 Å². The van der Waals surface area contributed by atoms with Gasteiger partial charge in [0.1, 0.15) is 28.3 Å². The van der Waals surface area contributed by atoms with Crippen LogP contribution < -0.4 is 24.3 Å². The van der Waals surface area contributed by atoms with E-state index in [9.17, 15) is 4.79 Å². The quantitative estimate of drug-likeness (QED) is 0.568. The van der Waals surface area contributed by atoms with Crippen molar-refractivity contribution in [1.82, 2.24) is 4.98 Å². The molecule has 0 radical (unpaired) electrons. The van der Waals surface area contributed by atoms with Crippen molar-refractivity contribution < 1.29 is 23.7 Å².